The predicted molar refractivity (Wildman–Crippen MR) is 132 cm³/mol. The highest BCUT2D eigenvalue weighted by Crippen LogP contribution is 2.35. The third-order valence-electron chi connectivity index (χ3n) is 6.39. The molecule has 0 amide bonds. The van der Waals surface area contributed by atoms with Crippen LogP contribution in [0.25, 0.3) is 0 Å². The number of nitrogens with one attached hydrogen (secondary N) is 1. The van der Waals surface area contributed by atoms with Crippen LogP contribution in [0.5, 0.6) is 11.5 Å². The second kappa shape index (κ2) is 12.1. The van der Waals surface area contributed by atoms with Gasteiger partial charge < -0.3 is 19.8 Å². The van der Waals surface area contributed by atoms with E-state index in [9.17, 15) is 4.79 Å². The first-order chi connectivity index (χ1) is 15.9. The third kappa shape index (κ3) is 7.21. The molecular formula is C27H38N2O4. The van der Waals surface area contributed by atoms with E-state index in [1.54, 1.807) is 12.1 Å². The van der Waals surface area contributed by atoms with Crippen LogP contribution in [0.3, 0.4) is 0 Å². The summed E-state index contributed by atoms with van der Waals surface area (Å²) in [5, 5.41) is 12.0. The number of Topliss-reactive ketones (excluding diaryl/α,β-unsaturated/α-hetero) is 1. The fourth-order valence-corrected chi connectivity index (χ4v) is 4.23. The number of carbonyl (C=O) groups excluding carboxylic acids is 1. The Hall–Kier alpha value is -2.57. The molecule has 2 aromatic rings. The van der Waals surface area contributed by atoms with Gasteiger partial charge in [0.2, 0.25) is 0 Å². The molecule has 1 unspecified atom stereocenters. The zero-order chi connectivity index (χ0) is 23.8. The molecule has 0 aromatic heterocycles. The highest BCUT2D eigenvalue weighted by molar-refractivity contribution is 6.00. The van der Waals surface area contributed by atoms with Crippen molar-refractivity contribution in [2.24, 2.45) is 11.8 Å². The summed E-state index contributed by atoms with van der Waals surface area (Å²) >= 11 is 0. The summed E-state index contributed by atoms with van der Waals surface area (Å²) in [6.45, 7) is 9.77. The highest BCUT2D eigenvalue weighted by Gasteiger charge is 2.34. The van der Waals surface area contributed by atoms with Crippen molar-refractivity contribution >= 4 is 11.5 Å². The van der Waals surface area contributed by atoms with Gasteiger partial charge in [-0.25, -0.2) is 5.26 Å². The Balaban J connectivity index is 0.000000205. The maximum atomic E-state index is 12.2. The molecular weight excluding hydrogens is 416 g/mol. The standard InChI is InChI=1S/C15H19NO4.C12H19N/c1-16-6-4-10(5-7-16)15-9-13(17)12-8-11(20-18)2-3-14(12)19-15;1-4-11-5-7-12(8-6-11)13-9-10(2)3/h2-3,8,10,15,18H,4-7,9H2,1H3;5-8,10,13H,4,9H2,1-3H3. The van der Waals surface area contributed by atoms with Gasteiger partial charge in [-0.15, -0.1) is 0 Å². The SMILES string of the molecule is CCc1ccc(NCC(C)C)cc1.CN1CCC(C2CC(=O)c3cc(OO)ccc3O2)CC1. The molecule has 6 heteroatoms. The summed E-state index contributed by atoms with van der Waals surface area (Å²) in [4.78, 5) is 18.7. The average molecular weight is 455 g/mol. The topological polar surface area (TPSA) is 71.0 Å². The largest absolute Gasteiger partial charge is 0.489 e. The number of fused-ring (bicyclic) bond motifs is 1. The summed E-state index contributed by atoms with van der Waals surface area (Å²) in [6, 6.07) is 13.5. The van der Waals surface area contributed by atoms with Crippen LogP contribution in [0.4, 0.5) is 5.69 Å². The Morgan fingerprint density at radius 1 is 1.15 bits per heavy atom. The molecule has 4 rings (SSSR count). The second-order valence-electron chi connectivity index (χ2n) is 9.50. The minimum Gasteiger partial charge on any atom is -0.489 e. The van der Waals surface area contributed by atoms with E-state index < -0.39 is 0 Å². The molecule has 2 N–H and O–H groups in total. The smallest absolute Gasteiger partial charge is 0.170 e. The molecule has 2 aromatic carbocycles. The van der Waals surface area contributed by atoms with Gasteiger partial charge in [0.1, 0.15) is 11.9 Å². The van der Waals surface area contributed by atoms with Crippen molar-refractivity contribution < 1.29 is 19.7 Å². The normalized spacial score (nSPS) is 18.7. The van der Waals surface area contributed by atoms with Crippen LogP contribution >= 0.6 is 0 Å². The van der Waals surface area contributed by atoms with Crippen molar-refractivity contribution in [3.8, 4) is 11.5 Å². The summed E-state index contributed by atoms with van der Waals surface area (Å²) < 4.78 is 6.00. The monoisotopic (exact) mass is 454 g/mol. The molecule has 0 aliphatic carbocycles. The maximum absolute atomic E-state index is 12.2. The minimum absolute atomic E-state index is 0.0235. The molecule has 0 saturated carbocycles. The van der Waals surface area contributed by atoms with Crippen LogP contribution in [0, 0.1) is 11.8 Å². The molecule has 2 heterocycles. The molecule has 0 bridgehead atoms. The van der Waals surface area contributed by atoms with Crippen LogP contribution in [0.2, 0.25) is 0 Å². The fraction of sp³-hybridized carbons (Fsp3) is 0.519. The summed E-state index contributed by atoms with van der Waals surface area (Å²) in [5.74, 6) is 2.07. The number of carbonyl (C=O) groups is 1. The Bertz CT molecular complexity index is 889. The lowest BCUT2D eigenvalue weighted by molar-refractivity contribution is -0.137. The minimum atomic E-state index is -0.0235. The second-order valence-corrected chi connectivity index (χ2v) is 9.50. The zero-order valence-corrected chi connectivity index (χ0v) is 20.3. The Morgan fingerprint density at radius 2 is 1.85 bits per heavy atom. The zero-order valence-electron chi connectivity index (χ0n) is 20.3. The first kappa shape index (κ1) is 25.1. The summed E-state index contributed by atoms with van der Waals surface area (Å²) in [5.41, 5.74) is 3.13. The molecule has 1 saturated heterocycles. The van der Waals surface area contributed by atoms with Crippen molar-refractivity contribution in [3.05, 3.63) is 53.6 Å². The molecule has 0 radical (unpaired) electrons. The van der Waals surface area contributed by atoms with Crippen LogP contribution < -0.4 is 14.9 Å². The van der Waals surface area contributed by atoms with Gasteiger partial charge in [0, 0.05) is 18.7 Å². The van der Waals surface area contributed by atoms with Crippen molar-refractivity contribution in [2.75, 3.05) is 32.0 Å². The van der Waals surface area contributed by atoms with Crippen LogP contribution in [-0.2, 0) is 6.42 Å². The number of ketones is 1. The molecule has 1 fully saturated rings. The quantitative estimate of drug-likeness (QED) is 0.442. The molecule has 6 nitrogen and oxygen atoms in total. The van der Waals surface area contributed by atoms with Crippen molar-refractivity contribution in [1.29, 1.82) is 0 Å². The van der Waals surface area contributed by atoms with E-state index in [0.29, 0.717) is 29.6 Å². The molecule has 1 atom stereocenters. The van der Waals surface area contributed by atoms with Gasteiger partial charge in [0.15, 0.2) is 11.5 Å². The maximum Gasteiger partial charge on any atom is 0.170 e. The van der Waals surface area contributed by atoms with E-state index in [1.165, 1.54) is 17.3 Å². The Morgan fingerprint density at radius 3 is 2.45 bits per heavy atom. The van der Waals surface area contributed by atoms with Crippen LogP contribution in [0.1, 0.15) is 56.0 Å². The van der Waals surface area contributed by atoms with Crippen molar-refractivity contribution in [2.45, 2.75) is 52.6 Å². The van der Waals surface area contributed by atoms with E-state index in [2.05, 4.69) is 67.2 Å². The van der Waals surface area contributed by atoms with E-state index >= 15 is 0 Å². The number of anilines is 1. The van der Waals surface area contributed by atoms with Crippen LogP contribution in [0.15, 0.2) is 42.5 Å². The first-order valence-corrected chi connectivity index (χ1v) is 12.1. The number of likely N-dealkylation sites (tertiary alicyclic amines) is 1. The van der Waals surface area contributed by atoms with Gasteiger partial charge in [0.25, 0.3) is 0 Å². The summed E-state index contributed by atoms with van der Waals surface area (Å²) in [7, 11) is 2.12. The molecule has 2 aliphatic heterocycles. The fourth-order valence-electron chi connectivity index (χ4n) is 4.23. The molecule has 2 aliphatic rings. The highest BCUT2D eigenvalue weighted by atomic mass is 17.1. The number of aryl methyl sites for hydroxylation is 1. The van der Waals surface area contributed by atoms with E-state index in [0.717, 1.165) is 38.9 Å². The van der Waals surface area contributed by atoms with E-state index in [4.69, 9.17) is 9.99 Å². The van der Waals surface area contributed by atoms with Gasteiger partial charge in [0.05, 0.1) is 5.56 Å². The lowest BCUT2D eigenvalue weighted by atomic mass is 9.86. The van der Waals surface area contributed by atoms with Gasteiger partial charge >= 0.3 is 0 Å². The molecule has 180 valence electrons. The summed E-state index contributed by atoms with van der Waals surface area (Å²) in [6.07, 6.45) is 3.65. The van der Waals surface area contributed by atoms with Gasteiger partial charge in [-0.05, 0) is 87.1 Å². The first-order valence-electron chi connectivity index (χ1n) is 12.1. The molecule has 0 spiro atoms. The Kier molecular flexibility index (Phi) is 9.15. The number of piperidine rings is 1. The van der Waals surface area contributed by atoms with Gasteiger partial charge in [-0.3, -0.25) is 4.79 Å². The van der Waals surface area contributed by atoms with Crippen molar-refractivity contribution in [3.63, 3.8) is 0 Å². The number of hydrogen-bond donors (Lipinski definition) is 2. The predicted octanol–water partition coefficient (Wildman–Crippen LogP) is 5.53. The van der Waals surface area contributed by atoms with Crippen LogP contribution in [-0.4, -0.2) is 48.7 Å². The number of rotatable bonds is 6. The van der Waals surface area contributed by atoms with E-state index in [-0.39, 0.29) is 17.6 Å². The lowest BCUT2D eigenvalue weighted by Gasteiger charge is -2.36. The van der Waals surface area contributed by atoms with Gasteiger partial charge in [-0.1, -0.05) is 32.9 Å². The van der Waals surface area contributed by atoms with Crippen molar-refractivity contribution in [1.82, 2.24) is 4.90 Å². The van der Waals surface area contributed by atoms with Gasteiger partial charge in [-0.2, -0.15) is 0 Å². The third-order valence-corrected chi connectivity index (χ3v) is 6.39. The van der Waals surface area contributed by atoms with E-state index in [1.807, 2.05) is 0 Å². The number of ether oxygens (including phenoxy) is 1. The Labute approximate surface area is 197 Å². The number of hydrogen-bond acceptors (Lipinski definition) is 6. The molecule has 33 heavy (non-hydrogen) atoms. The number of benzene rings is 2. The average Bonchev–Trinajstić information content (AvgIpc) is 2.83. The lowest BCUT2D eigenvalue weighted by Crippen LogP contribution is -2.40. The number of nitrogens with zero attached hydrogens (tertiary/aromatic N) is 1.